The van der Waals surface area contributed by atoms with Gasteiger partial charge in [-0.2, -0.15) is 4.98 Å². The van der Waals surface area contributed by atoms with Crippen LogP contribution in [0.1, 0.15) is 61.7 Å². The van der Waals surface area contributed by atoms with E-state index < -0.39 is 0 Å². The minimum Gasteiger partial charge on any atom is -0.341 e. The van der Waals surface area contributed by atoms with E-state index in [1.54, 1.807) is 0 Å². The van der Waals surface area contributed by atoms with E-state index in [0.717, 1.165) is 19.5 Å². The molecule has 1 saturated heterocycles. The second-order valence-corrected chi connectivity index (χ2v) is 7.42. The van der Waals surface area contributed by atoms with Gasteiger partial charge in [-0.3, -0.25) is 4.79 Å². The lowest BCUT2D eigenvalue weighted by molar-refractivity contribution is -0.137. The van der Waals surface area contributed by atoms with E-state index >= 15 is 0 Å². The zero-order valence-electron chi connectivity index (χ0n) is 14.6. The monoisotopic (exact) mass is 339 g/mol. The van der Waals surface area contributed by atoms with E-state index in [1.807, 2.05) is 23.1 Å². The molecular weight excluding hydrogens is 314 g/mol. The Bertz CT molecular complexity index is 701. The number of amides is 1. The van der Waals surface area contributed by atoms with Crippen LogP contribution in [0.3, 0.4) is 0 Å². The van der Waals surface area contributed by atoms with Crippen LogP contribution in [0.25, 0.3) is 0 Å². The van der Waals surface area contributed by atoms with E-state index in [1.165, 1.54) is 37.7 Å². The highest BCUT2D eigenvalue weighted by molar-refractivity contribution is 5.77. The quantitative estimate of drug-likeness (QED) is 0.836. The Kier molecular flexibility index (Phi) is 4.81. The molecule has 132 valence electrons. The van der Waals surface area contributed by atoms with Crippen molar-refractivity contribution in [1.82, 2.24) is 15.0 Å². The summed E-state index contributed by atoms with van der Waals surface area (Å²) in [5.41, 5.74) is 1.17. The molecule has 0 unspecified atom stereocenters. The molecule has 1 saturated carbocycles. The summed E-state index contributed by atoms with van der Waals surface area (Å²) in [6.45, 7) is 1.44. The number of benzene rings is 1. The second kappa shape index (κ2) is 7.38. The lowest BCUT2D eigenvalue weighted by Gasteiger charge is -2.38. The van der Waals surface area contributed by atoms with Gasteiger partial charge in [0.15, 0.2) is 5.82 Å². The predicted octanol–water partition coefficient (Wildman–Crippen LogP) is 3.56. The van der Waals surface area contributed by atoms with Crippen LogP contribution in [-0.4, -0.2) is 34.0 Å². The number of rotatable bonds is 5. The molecule has 0 N–H and O–H groups in total. The largest absolute Gasteiger partial charge is 0.341 e. The minimum absolute atomic E-state index is 0.201. The van der Waals surface area contributed by atoms with E-state index in [2.05, 4.69) is 22.3 Å². The van der Waals surface area contributed by atoms with Crippen LogP contribution in [0.15, 0.2) is 34.9 Å². The lowest BCUT2D eigenvalue weighted by Crippen LogP contribution is -2.49. The summed E-state index contributed by atoms with van der Waals surface area (Å²) in [4.78, 5) is 18.8. The summed E-state index contributed by atoms with van der Waals surface area (Å²) in [6.07, 6.45) is 7.74. The summed E-state index contributed by atoms with van der Waals surface area (Å²) in [5.74, 6) is 2.49. The molecule has 0 spiro atoms. The number of nitrogens with zero attached hydrogens (tertiary/aromatic N) is 3. The first kappa shape index (κ1) is 16.3. The summed E-state index contributed by atoms with van der Waals surface area (Å²) in [7, 11) is 0. The maximum absolute atomic E-state index is 12.4. The van der Waals surface area contributed by atoms with Crippen molar-refractivity contribution in [2.45, 2.75) is 50.9 Å². The first-order chi connectivity index (χ1) is 12.3. The van der Waals surface area contributed by atoms with Gasteiger partial charge in [-0.15, -0.1) is 0 Å². The Morgan fingerprint density at radius 1 is 1.12 bits per heavy atom. The van der Waals surface area contributed by atoms with Gasteiger partial charge in [0.1, 0.15) is 0 Å². The molecule has 2 aromatic rings. The van der Waals surface area contributed by atoms with Crippen molar-refractivity contribution in [3.8, 4) is 0 Å². The Morgan fingerprint density at radius 3 is 2.64 bits per heavy atom. The second-order valence-electron chi connectivity index (χ2n) is 7.42. The van der Waals surface area contributed by atoms with Gasteiger partial charge in [0.2, 0.25) is 11.8 Å². The molecule has 0 bridgehead atoms. The van der Waals surface area contributed by atoms with Gasteiger partial charge in [-0.05, 0) is 24.3 Å². The number of hydrogen-bond acceptors (Lipinski definition) is 4. The van der Waals surface area contributed by atoms with Crippen LogP contribution < -0.4 is 0 Å². The van der Waals surface area contributed by atoms with Crippen LogP contribution in [0.4, 0.5) is 0 Å². The van der Waals surface area contributed by atoms with Crippen molar-refractivity contribution in [2.24, 2.45) is 5.92 Å². The van der Waals surface area contributed by atoms with Crippen molar-refractivity contribution < 1.29 is 9.32 Å². The highest BCUT2D eigenvalue weighted by atomic mass is 16.5. The fourth-order valence-electron chi connectivity index (χ4n) is 3.89. The minimum atomic E-state index is 0.201. The van der Waals surface area contributed by atoms with Gasteiger partial charge in [-0.1, -0.05) is 54.8 Å². The number of hydrogen-bond donors (Lipinski definition) is 0. The van der Waals surface area contributed by atoms with Gasteiger partial charge >= 0.3 is 0 Å². The van der Waals surface area contributed by atoms with Gasteiger partial charge < -0.3 is 9.42 Å². The number of aromatic nitrogens is 2. The molecule has 5 nitrogen and oxygen atoms in total. The Hall–Kier alpha value is -2.17. The molecule has 0 radical (unpaired) electrons. The zero-order valence-corrected chi connectivity index (χ0v) is 14.6. The standard InChI is InChI=1S/C20H25N3O2/c24-19(12-16-9-5-2-6-10-16)23-13-17(14-23)20-21-18(22-25-20)11-15-7-3-1-4-8-15/h1,3-4,7-8,16-17H,2,5-6,9-14H2. The average molecular weight is 339 g/mol. The van der Waals surface area contributed by atoms with E-state index in [4.69, 9.17) is 4.52 Å². The van der Waals surface area contributed by atoms with E-state index in [9.17, 15) is 4.79 Å². The third-order valence-corrected chi connectivity index (χ3v) is 5.46. The van der Waals surface area contributed by atoms with Gasteiger partial charge in [-0.25, -0.2) is 0 Å². The Labute approximate surface area is 148 Å². The summed E-state index contributed by atoms with van der Waals surface area (Å²) in [5, 5.41) is 4.09. The first-order valence-electron chi connectivity index (χ1n) is 9.42. The molecule has 5 heteroatoms. The molecule has 25 heavy (non-hydrogen) atoms. The van der Waals surface area contributed by atoms with Crippen molar-refractivity contribution in [3.05, 3.63) is 47.6 Å². The maximum Gasteiger partial charge on any atom is 0.233 e. The highest BCUT2D eigenvalue weighted by Gasteiger charge is 2.36. The SMILES string of the molecule is O=C(CC1CCCCC1)N1CC(c2nc(Cc3ccccc3)no2)C1. The van der Waals surface area contributed by atoms with Gasteiger partial charge in [0, 0.05) is 25.9 Å². The third kappa shape index (κ3) is 3.91. The maximum atomic E-state index is 12.4. The van der Waals surface area contributed by atoms with Crippen LogP contribution in [0.2, 0.25) is 0 Å². The molecule has 1 amide bonds. The van der Waals surface area contributed by atoms with Crippen LogP contribution in [0.5, 0.6) is 0 Å². The first-order valence-corrected chi connectivity index (χ1v) is 9.42. The predicted molar refractivity (Wildman–Crippen MR) is 94.1 cm³/mol. The van der Waals surface area contributed by atoms with Crippen LogP contribution in [0, 0.1) is 5.92 Å². The van der Waals surface area contributed by atoms with Crippen molar-refractivity contribution in [2.75, 3.05) is 13.1 Å². The number of likely N-dealkylation sites (tertiary alicyclic amines) is 1. The Balaban J connectivity index is 1.27. The fraction of sp³-hybridized carbons (Fsp3) is 0.550. The molecule has 1 aromatic heterocycles. The zero-order chi connectivity index (χ0) is 17.1. The average Bonchev–Trinajstić information content (AvgIpc) is 3.03. The van der Waals surface area contributed by atoms with E-state index in [-0.39, 0.29) is 5.92 Å². The van der Waals surface area contributed by atoms with Gasteiger partial charge in [0.05, 0.1) is 5.92 Å². The summed E-state index contributed by atoms with van der Waals surface area (Å²) < 4.78 is 5.42. The molecule has 1 aliphatic carbocycles. The molecule has 2 aliphatic rings. The van der Waals surface area contributed by atoms with E-state index in [0.29, 0.717) is 30.0 Å². The molecule has 4 rings (SSSR count). The molecule has 1 aromatic carbocycles. The topological polar surface area (TPSA) is 59.2 Å². The third-order valence-electron chi connectivity index (χ3n) is 5.46. The van der Waals surface area contributed by atoms with Crippen molar-refractivity contribution in [1.29, 1.82) is 0 Å². The number of carbonyl (C=O) groups excluding carboxylic acids is 1. The summed E-state index contributed by atoms with van der Waals surface area (Å²) >= 11 is 0. The Morgan fingerprint density at radius 2 is 1.88 bits per heavy atom. The molecular formula is C20H25N3O2. The highest BCUT2D eigenvalue weighted by Crippen LogP contribution is 2.30. The normalized spacial score (nSPS) is 19.0. The number of carbonyl (C=O) groups is 1. The fourth-order valence-corrected chi connectivity index (χ4v) is 3.89. The van der Waals surface area contributed by atoms with Crippen LogP contribution in [-0.2, 0) is 11.2 Å². The van der Waals surface area contributed by atoms with Crippen molar-refractivity contribution in [3.63, 3.8) is 0 Å². The van der Waals surface area contributed by atoms with Crippen molar-refractivity contribution >= 4 is 5.91 Å². The van der Waals surface area contributed by atoms with Crippen LogP contribution >= 0.6 is 0 Å². The molecule has 2 heterocycles. The summed E-state index contributed by atoms with van der Waals surface area (Å²) in [6, 6.07) is 10.1. The lowest BCUT2D eigenvalue weighted by atomic mass is 9.86. The molecule has 0 atom stereocenters. The van der Waals surface area contributed by atoms with Gasteiger partial charge in [0.25, 0.3) is 0 Å². The smallest absolute Gasteiger partial charge is 0.233 e. The molecule has 1 aliphatic heterocycles. The molecule has 2 fully saturated rings.